The summed E-state index contributed by atoms with van der Waals surface area (Å²) in [5.74, 6) is 0. The highest BCUT2D eigenvalue weighted by Gasteiger charge is 2.39. The quantitative estimate of drug-likeness (QED) is 0.743. The fourth-order valence-corrected chi connectivity index (χ4v) is 3.07. The largest absolute Gasteiger partial charge is 0.418 e. The normalized spacial score (nSPS) is 16.7. The Morgan fingerprint density at radius 2 is 1.92 bits per heavy atom. The van der Waals surface area contributed by atoms with Gasteiger partial charge in [-0.05, 0) is 45.2 Å². The van der Waals surface area contributed by atoms with Crippen LogP contribution in [0.5, 0.6) is 0 Å². The monoisotopic (exact) mass is 364 g/mol. The average Bonchev–Trinajstić information content (AvgIpc) is 3.05. The van der Waals surface area contributed by atoms with Crippen LogP contribution in [0.1, 0.15) is 11.7 Å². The van der Waals surface area contributed by atoms with Crippen LogP contribution in [0.3, 0.4) is 0 Å². The number of hydrogen-bond donors (Lipinski definition) is 2. The molecule has 3 aromatic rings. The van der Waals surface area contributed by atoms with Crippen molar-refractivity contribution in [3.05, 3.63) is 42.0 Å². The van der Waals surface area contributed by atoms with Crippen molar-refractivity contribution < 1.29 is 22.9 Å². The zero-order chi connectivity index (χ0) is 18.5. The molecule has 0 spiro atoms. The van der Waals surface area contributed by atoms with Crippen molar-refractivity contribution in [1.29, 1.82) is 0 Å². The first-order chi connectivity index (χ1) is 12.3. The second kappa shape index (κ2) is 5.96. The van der Waals surface area contributed by atoms with E-state index in [9.17, 15) is 18.3 Å². The molecule has 0 saturated carbocycles. The van der Waals surface area contributed by atoms with Gasteiger partial charge in [0.2, 0.25) is 0 Å². The van der Waals surface area contributed by atoms with E-state index < -0.39 is 12.3 Å². The lowest BCUT2D eigenvalue weighted by molar-refractivity contribution is -0.206. The highest BCUT2D eigenvalue weighted by Crippen LogP contribution is 2.36. The van der Waals surface area contributed by atoms with Gasteiger partial charge in [-0.2, -0.15) is 13.2 Å². The van der Waals surface area contributed by atoms with E-state index in [0.717, 1.165) is 5.69 Å². The van der Waals surface area contributed by atoms with Crippen LogP contribution in [-0.4, -0.2) is 40.7 Å². The summed E-state index contributed by atoms with van der Waals surface area (Å²) >= 11 is 0. The van der Waals surface area contributed by atoms with Crippen LogP contribution >= 0.6 is 0 Å². The summed E-state index contributed by atoms with van der Waals surface area (Å²) in [6, 6.07) is 9.28. The Hall–Kier alpha value is -2.65. The first-order valence-electron chi connectivity index (χ1n) is 7.95. The molecule has 9 heteroatoms. The van der Waals surface area contributed by atoms with Gasteiger partial charge in [0.25, 0.3) is 0 Å². The molecule has 0 bridgehead atoms. The number of anilines is 1. The number of rotatable bonds is 3. The van der Waals surface area contributed by atoms with Crippen LogP contribution in [0.2, 0.25) is 0 Å². The van der Waals surface area contributed by atoms with Crippen molar-refractivity contribution in [2.75, 3.05) is 18.0 Å². The molecule has 1 atom stereocenters. The van der Waals surface area contributed by atoms with Gasteiger partial charge in [0, 0.05) is 19.1 Å². The summed E-state index contributed by atoms with van der Waals surface area (Å²) in [6.07, 6.45) is -7.26. The number of fused-ring (bicyclic) bond motifs is 1. The van der Waals surface area contributed by atoms with Crippen molar-refractivity contribution in [2.45, 2.75) is 18.3 Å². The van der Waals surface area contributed by atoms with Crippen LogP contribution in [0.4, 0.5) is 18.9 Å². The number of hydrogen-bond acceptors (Lipinski definition) is 6. The molecule has 0 radical (unpaired) electrons. The maximum atomic E-state index is 12.8. The average molecular weight is 364 g/mol. The lowest BCUT2D eigenvalue weighted by atomic mass is 9.98. The van der Waals surface area contributed by atoms with E-state index in [4.69, 9.17) is 10.4 Å². The summed E-state index contributed by atoms with van der Waals surface area (Å²) in [5.41, 5.74) is 8.64. The lowest BCUT2D eigenvalue weighted by Gasteiger charge is -2.38. The highest BCUT2D eigenvalue weighted by molar-refractivity contribution is 5.93. The van der Waals surface area contributed by atoms with Crippen LogP contribution in [0.25, 0.3) is 22.2 Å². The summed E-state index contributed by atoms with van der Waals surface area (Å²) < 4.78 is 43.2. The van der Waals surface area contributed by atoms with Crippen LogP contribution in [-0.2, 0) is 0 Å². The van der Waals surface area contributed by atoms with E-state index in [1.807, 2.05) is 11.0 Å². The van der Waals surface area contributed by atoms with Crippen LogP contribution < -0.4 is 10.6 Å². The molecule has 136 valence electrons. The van der Waals surface area contributed by atoms with Gasteiger partial charge in [-0.15, -0.1) is 0 Å². The Labute approximate surface area is 146 Å². The topological polar surface area (TPSA) is 88.4 Å². The maximum absolute atomic E-state index is 12.8. The first kappa shape index (κ1) is 16.8. The Morgan fingerprint density at radius 3 is 2.62 bits per heavy atom. The number of halogens is 3. The van der Waals surface area contributed by atoms with E-state index in [1.165, 1.54) is 18.2 Å². The Balaban J connectivity index is 1.77. The molecule has 3 N–H and O–H groups in total. The zero-order valence-electron chi connectivity index (χ0n) is 13.4. The van der Waals surface area contributed by atoms with Crippen LogP contribution in [0.15, 0.2) is 41.0 Å². The predicted octanol–water partition coefficient (Wildman–Crippen LogP) is 2.63. The second-order valence-corrected chi connectivity index (χ2v) is 6.36. The van der Waals surface area contributed by atoms with Crippen molar-refractivity contribution >= 4 is 16.7 Å². The highest BCUT2D eigenvalue weighted by atomic mass is 19.4. The summed E-state index contributed by atoms with van der Waals surface area (Å²) in [7, 11) is 0. The number of alkyl halides is 3. The number of aromatic nitrogens is 2. The third kappa shape index (κ3) is 2.89. The van der Waals surface area contributed by atoms with Gasteiger partial charge >= 0.3 is 6.18 Å². The standard InChI is InChI=1S/C17H15F3N4O2/c18-17(19,20)16(25)10-3-1-2-9(4-10)11-5-13-15(23-26-22-13)14(6-11)24-7-12(21)8-24/h1-6,12,16,25H,7-8,21H2. The van der Waals surface area contributed by atoms with Gasteiger partial charge in [0.05, 0.1) is 5.69 Å². The van der Waals surface area contributed by atoms with Gasteiger partial charge in [-0.3, -0.25) is 0 Å². The first-order valence-corrected chi connectivity index (χ1v) is 7.95. The molecule has 0 amide bonds. The molecule has 1 fully saturated rings. The minimum Gasteiger partial charge on any atom is -0.379 e. The summed E-state index contributed by atoms with van der Waals surface area (Å²) in [4.78, 5) is 2.01. The molecule has 1 unspecified atom stereocenters. The van der Waals surface area contributed by atoms with Crippen molar-refractivity contribution in [2.24, 2.45) is 5.73 Å². The number of nitrogens with two attached hydrogens (primary N) is 1. The molecule has 1 aliphatic heterocycles. The van der Waals surface area contributed by atoms with Crippen molar-refractivity contribution in [3.8, 4) is 11.1 Å². The SMILES string of the molecule is NC1CN(c2cc(-c3cccc(C(O)C(F)(F)F)c3)cc3nonc23)C1. The summed E-state index contributed by atoms with van der Waals surface area (Å²) in [5, 5.41) is 17.3. The number of aliphatic hydroxyl groups is 1. The smallest absolute Gasteiger partial charge is 0.379 e. The molecule has 2 aromatic carbocycles. The number of nitrogens with zero attached hydrogens (tertiary/aromatic N) is 3. The third-order valence-corrected chi connectivity index (χ3v) is 4.44. The Bertz CT molecular complexity index is 951. The molecule has 6 nitrogen and oxygen atoms in total. The maximum Gasteiger partial charge on any atom is 0.418 e. The molecule has 1 aromatic heterocycles. The lowest BCUT2D eigenvalue weighted by Crippen LogP contribution is -2.55. The van der Waals surface area contributed by atoms with Gasteiger partial charge < -0.3 is 15.7 Å². The molecule has 26 heavy (non-hydrogen) atoms. The Morgan fingerprint density at radius 1 is 1.15 bits per heavy atom. The van der Waals surface area contributed by atoms with Gasteiger partial charge in [0.1, 0.15) is 5.52 Å². The van der Waals surface area contributed by atoms with E-state index in [2.05, 4.69) is 10.3 Å². The molecule has 0 aliphatic carbocycles. The molecule has 2 heterocycles. The Kier molecular flexibility index (Phi) is 3.85. The third-order valence-electron chi connectivity index (χ3n) is 4.44. The van der Waals surface area contributed by atoms with Gasteiger partial charge in [-0.25, -0.2) is 4.63 Å². The fraction of sp³-hybridized carbons (Fsp3) is 0.294. The second-order valence-electron chi connectivity index (χ2n) is 6.36. The van der Waals surface area contributed by atoms with Crippen LogP contribution in [0, 0.1) is 0 Å². The molecular weight excluding hydrogens is 349 g/mol. The van der Waals surface area contributed by atoms with Crippen molar-refractivity contribution in [1.82, 2.24) is 10.3 Å². The van der Waals surface area contributed by atoms with E-state index in [-0.39, 0.29) is 11.6 Å². The minimum absolute atomic E-state index is 0.0684. The fourth-order valence-electron chi connectivity index (χ4n) is 3.07. The van der Waals surface area contributed by atoms with E-state index in [0.29, 0.717) is 35.2 Å². The predicted molar refractivity (Wildman–Crippen MR) is 88.4 cm³/mol. The number of aliphatic hydroxyl groups excluding tert-OH is 1. The number of benzene rings is 2. The van der Waals surface area contributed by atoms with Crippen molar-refractivity contribution in [3.63, 3.8) is 0 Å². The minimum atomic E-state index is -4.72. The van der Waals surface area contributed by atoms with Gasteiger partial charge in [-0.1, -0.05) is 18.2 Å². The van der Waals surface area contributed by atoms with E-state index in [1.54, 1.807) is 12.1 Å². The zero-order valence-corrected chi connectivity index (χ0v) is 13.4. The molecule has 4 rings (SSSR count). The molecular formula is C17H15F3N4O2. The molecule has 1 saturated heterocycles. The van der Waals surface area contributed by atoms with Gasteiger partial charge in [0.15, 0.2) is 11.6 Å². The van der Waals surface area contributed by atoms with E-state index >= 15 is 0 Å². The molecule has 1 aliphatic rings. The summed E-state index contributed by atoms with van der Waals surface area (Å²) in [6.45, 7) is 1.30.